The number of sulfonamides is 1. The first-order valence-corrected chi connectivity index (χ1v) is 8.81. The highest BCUT2D eigenvalue weighted by Crippen LogP contribution is 2.33. The van der Waals surface area contributed by atoms with Gasteiger partial charge in [-0.05, 0) is 37.3 Å². The van der Waals surface area contributed by atoms with Crippen molar-refractivity contribution in [2.75, 3.05) is 4.72 Å². The maximum absolute atomic E-state index is 12.6. The summed E-state index contributed by atoms with van der Waals surface area (Å²) in [5.41, 5.74) is -4.98. The molecule has 1 unspecified atom stereocenters. The van der Waals surface area contributed by atoms with E-state index in [1.54, 1.807) is 37.3 Å². The molecule has 0 radical (unpaired) electrons. The number of benzene rings is 2. The number of anilines is 1. The van der Waals surface area contributed by atoms with E-state index in [-0.39, 0.29) is 16.3 Å². The fourth-order valence-electron chi connectivity index (χ4n) is 1.88. The zero-order valence-electron chi connectivity index (χ0n) is 12.8. The lowest BCUT2D eigenvalue weighted by Gasteiger charge is -2.16. The van der Waals surface area contributed by atoms with Crippen molar-refractivity contribution in [1.29, 1.82) is 0 Å². The van der Waals surface area contributed by atoms with Crippen LogP contribution in [0.3, 0.4) is 0 Å². The third kappa shape index (κ3) is 4.93. The van der Waals surface area contributed by atoms with Crippen molar-refractivity contribution in [3.05, 3.63) is 59.1 Å². The van der Waals surface area contributed by atoms with E-state index in [9.17, 15) is 21.6 Å². The lowest BCUT2D eigenvalue weighted by molar-refractivity contribution is -0.0429. The van der Waals surface area contributed by atoms with Gasteiger partial charge in [0.2, 0.25) is 0 Å². The van der Waals surface area contributed by atoms with E-state index < -0.39 is 21.6 Å². The molecule has 0 fully saturated rings. The second-order valence-corrected chi connectivity index (χ2v) is 7.12. The molecule has 0 aromatic heterocycles. The molecule has 0 spiro atoms. The summed E-state index contributed by atoms with van der Waals surface area (Å²) in [5, 5.41) is 8.22. The number of rotatable bonds is 5. The average Bonchev–Trinajstić information content (AvgIpc) is 2.54. The van der Waals surface area contributed by atoms with E-state index in [2.05, 4.69) is 10.2 Å². The molecule has 5 nitrogen and oxygen atoms in total. The maximum Gasteiger partial charge on any atom is 0.516 e. The van der Waals surface area contributed by atoms with Crippen molar-refractivity contribution in [1.82, 2.24) is 0 Å². The van der Waals surface area contributed by atoms with Crippen LogP contribution in [0.25, 0.3) is 0 Å². The summed E-state index contributed by atoms with van der Waals surface area (Å²) in [6.45, 7) is 1.56. The maximum atomic E-state index is 12.6. The Kier molecular flexibility index (Phi) is 5.69. The van der Waals surface area contributed by atoms with Gasteiger partial charge in [0.1, 0.15) is 0 Å². The summed E-state index contributed by atoms with van der Waals surface area (Å²) in [7, 11) is -5.55. The highest BCUT2D eigenvalue weighted by molar-refractivity contribution is 7.93. The smallest absolute Gasteiger partial charge is 0.276 e. The number of azo groups is 1. The van der Waals surface area contributed by atoms with Crippen molar-refractivity contribution in [2.45, 2.75) is 18.5 Å². The molecule has 0 aliphatic rings. The second-order valence-electron chi connectivity index (χ2n) is 5.01. The van der Waals surface area contributed by atoms with Crippen LogP contribution in [0.4, 0.5) is 24.5 Å². The molecule has 0 aliphatic carbocycles. The summed E-state index contributed by atoms with van der Waals surface area (Å²) in [5.74, 6) is 0. The minimum absolute atomic E-state index is 0.167. The normalized spacial score (nSPS) is 13.8. The molecule has 25 heavy (non-hydrogen) atoms. The zero-order chi connectivity index (χ0) is 18.7. The Balaban J connectivity index is 2.34. The molecule has 0 amide bonds. The standard InChI is InChI=1S/C15H13ClF3N3O2S/c1-10(20-21-12-5-3-2-4-6-12)13-9-11(16)7-8-14(13)22-25(23,24)15(17,18)19/h2-10,22H,1H3. The van der Waals surface area contributed by atoms with E-state index in [1.165, 1.54) is 16.9 Å². The Labute approximate surface area is 147 Å². The summed E-state index contributed by atoms with van der Waals surface area (Å²) < 4.78 is 61.9. The second kappa shape index (κ2) is 7.40. The third-order valence-corrected chi connectivity index (χ3v) is 4.45. The van der Waals surface area contributed by atoms with Crippen molar-refractivity contribution in [3.8, 4) is 0 Å². The van der Waals surface area contributed by atoms with Crippen LogP contribution < -0.4 is 4.72 Å². The predicted molar refractivity (Wildman–Crippen MR) is 89.4 cm³/mol. The first kappa shape index (κ1) is 19.2. The summed E-state index contributed by atoms with van der Waals surface area (Å²) in [6, 6.07) is 11.7. The molecule has 0 aliphatic heterocycles. The van der Waals surface area contributed by atoms with Gasteiger partial charge in [-0.25, -0.2) is 0 Å². The number of halogens is 4. The van der Waals surface area contributed by atoms with Gasteiger partial charge < -0.3 is 0 Å². The molecule has 2 aromatic rings. The van der Waals surface area contributed by atoms with Gasteiger partial charge in [0.25, 0.3) is 0 Å². The highest BCUT2D eigenvalue weighted by atomic mass is 35.5. The lowest BCUT2D eigenvalue weighted by Crippen LogP contribution is -2.30. The van der Waals surface area contributed by atoms with Crippen molar-refractivity contribution >= 4 is 33.0 Å². The number of nitrogens with zero attached hydrogens (tertiary/aromatic N) is 2. The first-order chi connectivity index (χ1) is 11.6. The zero-order valence-corrected chi connectivity index (χ0v) is 14.4. The molecular weight excluding hydrogens is 379 g/mol. The van der Waals surface area contributed by atoms with E-state index in [1.807, 2.05) is 0 Å². The van der Waals surface area contributed by atoms with Gasteiger partial charge in [0, 0.05) is 10.6 Å². The van der Waals surface area contributed by atoms with Crippen LogP contribution in [0.2, 0.25) is 5.02 Å². The van der Waals surface area contributed by atoms with Crippen LogP contribution in [0.5, 0.6) is 0 Å². The van der Waals surface area contributed by atoms with Gasteiger partial charge in [-0.2, -0.15) is 31.8 Å². The minimum atomic E-state index is -5.55. The van der Waals surface area contributed by atoms with Crippen LogP contribution in [0, 0.1) is 0 Å². The summed E-state index contributed by atoms with van der Waals surface area (Å²) >= 11 is 5.87. The van der Waals surface area contributed by atoms with Gasteiger partial charge >= 0.3 is 15.5 Å². The number of hydrogen-bond donors (Lipinski definition) is 1. The number of alkyl halides is 3. The van der Waals surface area contributed by atoms with E-state index in [0.717, 1.165) is 6.07 Å². The Morgan fingerprint density at radius 3 is 2.36 bits per heavy atom. The summed E-state index contributed by atoms with van der Waals surface area (Å²) in [6.07, 6.45) is 0. The molecule has 0 saturated heterocycles. The van der Waals surface area contributed by atoms with Crippen molar-refractivity contribution in [2.24, 2.45) is 10.2 Å². The molecule has 2 rings (SSSR count). The molecule has 0 saturated carbocycles. The van der Waals surface area contributed by atoms with E-state index in [0.29, 0.717) is 5.69 Å². The van der Waals surface area contributed by atoms with Crippen LogP contribution >= 0.6 is 11.6 Å². The average molecular weight is 392 g/mol. The fourth-order valence-corrected chi connectivity index (χ4v) is 2.66. The largest absolute Gasteiger partial charge is 0.516 e. The first-order valence-electron chi connectivity index (χ1n) is 6.94. The minimum Gasteiger partial charge on any atom is -0.276 e. The van der Waals surface area contributed by atoms with Gasteiger partial charge in [-0.1, -0.05) is 29.8 Å². The van der Waals surface area contributed by atoms with E-state index >= 15 is 0 Å². The van der Waals surface area contributed by atoms with Gasteiger partial charge in [-0.3, -0.25) is 4.72 Å². The third-order valence-electron chi connectivity index (χ3n) is 3.12. The molecule has 134 valence electrons. The van der Waals surface area contributed by atoms with E-state index in [4.69, 9.17) is 11.6 Å². The SMILES string of the molecule is CC(N=Nc1ccccc1)c1cc(Cl)ccc1NS(=O)(=O)C(F)(F)F. The highest BCUT2D eigenvalue weighted by Gasteiger charge is 2.46. The monoisotopic (exact) mass is 391 g/mol. The molecule has 2 aromatic carbocycles. The quantitative estimate of drug-likeness (QED) is 0.689. The van der Waals surface area contributed by atoms with Crippen LogP contribution in [0.15, 0.2) is 58.8 Å². The van der Waals surface area contributed by atoms with Gasteiger partial charge in [-0.15, -0.1) is 0 Å². The number of nitrogens with one attached hydrogen (secondary N) is 1. The van der Waals surface area contributed by atoms with Gasteiger partial charge in [0.05, 0.1) is 17.4 Å². The van der Waals surface area contributed by atoms with Crippen LogP contribution in [0.1, 0.15) is 18.5 Å². The van der Waals surface area contributed by atoms with Crippen LogP contribution in [-0.2, 0) is 10.0 Å². The van der Waals surface area contributed by atoms with Crippen LogP contribution in [-0.4, -0.2) is 13.9 Å². The Hall–Kier alpha value is -2.13. The molecule has 1 N–H and O–H groups in total. The van der Waals surface area contributed by atoms with Crippen molar-refractivity contribution in [3.63, 3.8) is 0 Å². The topological polar surface area (TPSA) is 70.9 Å². The fraction of sp³-hybridized carbons (Fsp3) is 0.200. The molecule has 1 atom stereocenters. The predicted octanol–water partition coefficient (Wildman–Crippen LogP) is 5.45. The molecule has 0 heterocycles. The lowest BCUT2D eigenvalue weighted by atomic mass is 10.1. The number of hydrogen-bond acceptors (Lipinski definition) is 4. The molecule has 10 heteroatoms. The van der Waals surface area contributed by atoms with Crippen molar-refractivity contribution < 1.29 is 21.6 Å². The Morgan fingerprint density at radius 2 is 1.76 bits per heavy atom. The molecular formula is C15H13ClF3N3O2S. The summed E-state index contributed by atoms with van der Waals surface area (Å²) in [4.78, 5) is 0. The Bertz CT molecular complexity index is 871. The van der Waals surface area contributed by atoms with Gasteiger partial charge in [0.15, 0.2) is 0 Å². The Morgan fingerprint density at radius 1 is 1.12 bits per heavy atom. The molecule has 0 bridgehead atoms.